The van der Waals surface area contributed by atoms with Gasteiger partial charge in [0.2, 0.25) is 12.7 Å². The summed E-state index contributed by atoms with van der Waals surface area (Å²) in [5.41, 5.74) is 2.26. The van der Waals surface area contributed by atoms with Gasteiger partial charge in [-0.15, -0.1) is 0 Å². The quantitative estimate of drug-likeness (QED) is 0.802. The van der Waals surface area contributed by atoms with E-state index in [0.717, 1.165) is 11.1 Å². The Morgan fingerprint density at radius 3 is 2.67 bits per heavy atom. The molecule has 0 fully saturated rings. The highest BCUT2D eigenvalue weighted by Crippen LogP contribution is 2.40. The molecule has 2 aromatic rings. The first-order chi connectivity index (χ1) is 13.0. The maximum Gasteiger partial charge on any atom is 0.251 e. The Morgan fingerprint density at radius 1 is 1.22 bits per heavy atom. The van der Waals surface area contributed by atoms with Gasteiger partial charge in [0.1, 0.15) is 0 Å². The Labute approximate surface area is 162 Å². The minimum absolute atomic E-state index is 0.141. The number of nitrogens with zero attached hydrogens (tertiary/aromatic N) is 1. The maximum atomic E-state index is 12.3. The van der Waals surface area contributed by atoms with Crippen molar-refractivity contribution in [2.45, 2.75) is 6.54 Å². The number of halogens is 1. The summed E-state index contributed by atoms with van der Waals surface area (Å²) < 4.78 is 10.6. The summed E-state index contributed by atoms with van der Waals surface area (Å²) in [6.07, 6.45) is 3.16. The normalized spacial score (nSPS) is 12.3. The number of rotatable bonds is 5. The number of carbonyl (C=O) groups is 2. The number of likely N-dealkylation sites (N-methyl/N-ethyl adjacent to an activating group) is 1. The molecule has 0 radical (unpaired) electrons. The lowest BCUT2D eigenvalue weighted by Crippen LogP contribution is -2.24. The Balaban J connectivity index is 1.63. The predicted octanol–water partition coefficient (Wildman–Crippen LogP) is 3.10. The molecule has 2 amide bonds. The summed E-state index contributed by atoms with van der Waals surface area (Å²) in [5.74, 6) is 0.798. The second-order valence-corrected chi connectivity index (χ2v) is 6.45. The molecule has 0 saturated carbocycles. The first-order valence-electron chi connectivity index (χ1n) is 8.31. The molecule has 7 heteroatoms. The van der Waals surface area contributed by atoms with Crippen LogP contribution in [0.4, 0.5) is 0 Å². The molecule has 1 N–H and O–H groups in total. The second-order valence-electron chi connectivity index (χ2n) is 6.04. The SMILES string of the molecule is CNC(=O)c1ccc(CN(C)C(=O)C=Cc2cc(Cl)c3c(c2)OCO3)cc1. The molecule has 1 aliphatic rings. The number of ether oxygens (including phenoxy) is 2. The van der Waals surface area contributed by atoms with Crippen LogP contribution in [0.5, 0.6) is 11.5 Å². The van der Waals surface area contributed by atoms with Crippen molar-refractivity contribution in [1.29, 1.82) is 0 Å². The van der Waals surface area contributed by atoms with E-state index in [1.165, 1.54) is 6.08 Å². The van der Waals surface area contributed by atoms with Gasteiger partial charge in [-0.1, -0.05) is 23.7 Å². The van der Waals surface area contributed by atoms with Crippen molar-refractivity contribution in [1.82, 2.24) is 10.2 Å². The van der Waals surface area contributed by atoms with E-state index >= 15 is 0 Å². The average Bonchev–Trinajstić information content (AvgIpc) is 3.15. The smallest absolute Gasteiger partial charge is 0.251 e. The minimum Gasteiger partial charge on any atom is -0.454 e. The van der Waals surface area contributed by atoms with Crippen LogP contribution in [0.3, 0.4) is 0 Å². The molecule has 0 spiro atoms. The molecular formula is C20H19ClN2O4. The molecule has 1 aliphatic heterocycles. The summed E-state index contributed by atoms with van der Waals surface area (Å²) in [7, 11) is 3.30. The number of hydrogen-bond acceptors (Lipinski definition) is 4. The molecule has 3 rings (SSSR count). The van der Waals surface area contributed by atoms with Crippen molar-refractivity contribution in [3.63, 3.8) is 0 Å². The Morgan fingerprint density at radius 2 is 1.96 bits per heavy atom. The van der Waals surface area contributed by atoms with Gasteiger partial charge in [0.05, 0.1) is 5.02 Å². The van der Waals surface area contributed by atoms with Crippen molar-refractivity contribution in [2.75, 3.05) is 20.9 Å². The summed E-state index contributed by atoms with van der Waals surface area (Å²) in [6.45, 7) is 0.571. The van der Waals surface area contributed by atoms with Crippen LogP contribution < -0.4 is 14.8 Å². The fraction of sp³-hybridized carbons (Fsp3) is 0.200. The van der Waals surface area contributed by atoms with E-state index in [2.05, 4.69) is 5.32 Å². The average molecular weight is 387 g/mol. The van der Waals surface area contributed by atoms with Crippen molar-refractivity contribution < 1.29 is 19.1 Å². The van der Waals surface area contributed by atoms with Gasteiger partial charge >= 0.3 is 0 Å². The van der Waals surface area contributed by atoms with Crippen LogP contribution in [0.1, 0.15) is 21.5 Å². The zero-order valence-corrected chi connectivity index (χ0v) is 15.7. The van der Waals surface area contributed by atoms with Crippen LogP contribution in [-0.2, 0) is 11.3 Å². The third kappa shape index (κ3) is 4.41. The van der Waals surface area contributed by atoms with E-state index in [-0.39, 0.29) is 18.6 Å². The van der Waals surface area contributed by atoms with Gasteiger partial charge in [-0.25, -0.2) is 0 Å². The van der Waals surface area contributed by atoms with E-state index in [1.807, 2.05) is 12.1 Å². The molecule has 0 atom stereocenters. The monoisotopic (exact) mass is 386 g/mol. The van der Waals surface area contributed by atoms with Gasteiger partial charge in [0.15, 0.2) is 11.5 Å². The van der Waals surface area contributed by atoms with Crippen LogP contribution in [0.2, 0.25) is 5.02 Å². The Hall–Kier alpha value is -2.99. The molecule has 140 valence electrons. The first kappa shape index (κ1) is 18.8. The van der Waals surface area contributed by atoms with Crippen LogP contribution in [0, 0.1) is 0 Å². The van der Waals surface area contributed by atoms with Crippen LogP contribution in [0.15, 0.2) is 42.5 Å². The number of nitrogens with one attached hydrogen (secondary N) is 1. The predicted molar refractivity (Wildman–Crippen MR) is 103 cm³/mol. The molecule has 2 aromatic carbocycles. The van der Waals surface area contributed by atoms with Crippen LogP contribution in [-0.4, -0.2) is 37.6 Å². The zero-order valence-electron chi connectivity index (χ0n) is 15.0. The standard InChI is InChI=1S/C20H19ClN2O4/c1-22-20(25)15-6-3-13(4-7-15)11-23(2)18(24)8-5-14-9-16(21)19-17(10-14)26-12-27-19/h3-10H,11-12H2,1-2H3,(H,22,25). The molecule has 1 heterocycles. The summed E-state index contributed by atoms with van der Waals surface area (Å²) in [6, 6.07) is 10.6. The highest BCUT2D eigenvalue weighted by molar-refractivity contribution is 6.32. The van der Waals surface area contributed by atoms with Gasteiger partial charge < -0.3 is 19.7 Å². The fourth-order valence-corrected chi connectivity index (χ4v) is 2.91. The van der Waals surface area contributed by atoms with E-state index < -0.39 is 0 Å². The number of hydrogen-bond donors (Lipinski definition) is 1. The lowest BCUT2D eigenvalue weighted by molar-refractivity contribution is -0.125. The van der Waals surface area contributed by atoms with Crippen molar-refractivity contribution in [3.05, 3.63) is 64.2 Å². The van der Waals surface area contributed by atoms with Crippen molar-refractivity contribution >= 4 is 29.5 Å². The summed E-state index contributed by atoms with van der Waals surface area (Å²) >= 11 is 6.14. The van der Waals surface area contributed by atoms with Gasteiger partial charge in [-0.2, -0.15) is 0 Å². The highest BCUT2D eigenvalue weighted by atomic mass is 35.5. The molecule has 0 unspecified atom stereocenters. The third-order valence-corrected chi connectivity index (χ3v) is 4.39. The van der Waals surface area contributed by atoms with Crippen molar-refractivity contribution in [2.24, 2.45) is 0 Å². The molecule has 0 aromatic heterocycles. The molecular weight excluding hydrogens is 368 g/mol. The van der Waals surface area contributed by atoms with E-state index in [0.29, 0.717) is 28.6 Å². The lowest BCUT2D eigenvalue weighted by atomic mass is 10.1. The molecule has 6 nitrogen and oxygen atoms in total. The number of carbonyl (C=O) groups excluding carboxylic acids is 2. The topological polar surface area (TPSA) is 67.9 Å². The van der Waals surface area contributed by atoms with Crippen molar-refractivity contribution in [3.8, 4) is 11.5 Å². The molecule has 0 saturated heterocycles. The minimum atomic E-state index is -0.154. The highest BCUT2D eigenvalue weighted by Gasteiger charge is 2.17. The molecule has 0 aliphatic carbocycles. The zero-order chi connectivity index (χ0) is 19.4. The fourth-order valence-electron chi connectivity index (χ4n) is 2.64. The van der Waals surface area contributed by atoms with E-state index in [9.17, 15) is 9.59 Å². The number of benzene rings is 2. The van der Waals surface area contributed by atoms with E-state index in [4.69, 9.17) is 21.1 Å². The largest absolute Gasteiger partial charge is 0.454 e. The van der Waals surface area contributed by atoms with Gasteiger partial charge in [0, 0.05) is 32.3 Å². The Bertz CT molecular complexity index is 894. The maximum absolute atomic E-state index is 12.3. The molecule has 27 heavy (non-hydrogen) atoms. The Kier molecular flexibility index (Phi) is 5.66. The second kappa shape index (κ2) is 8.14. The molecule has 0 bridgehead atoms. The van der Waals surface area contributed by atoms with E-state index in [1.54, 1.807) is 49.3 Å². The summed E-state index contributed by atoms with van der Waals surface area (Å²) in [5, 5.41) is 3.02. The third-order valence-electron chi connectivity index (χ3n) is 4.11. The first-order valence-corrected chi connectivity index (χ1v) is 8.69. The van der Waals surface area contributed by atoms with Gasteiger partial charge in [0.25, 0.3) is 5.91 Å². The lowest BCUT2D eigenvalue weighted by Gasteiger charge is -2.15. The number of amides is 2. The van der Waals surface area contributed by atoms with Gasteiger partial charge in [-0.3, -0.25) is 9.59 Å². The van der Waals surface area contributed by atoms with Crippen LogP contribution in [0.25, 0.3) is 6.08 Å². The van der Waals surface area contributed by atoms with Gasteiger partial charge in [-0.05, 0) is 41.5 Å². The van der Waals surface area contributed by atoms with Crippen LogP contribution >= 0.6 is 11.6 Å². The number of fused-ring (bicyclic) bond motifs is 1. The summed E-state index contributed by atoms with van der Waals surface area (Å²) in [4.78, 5) is 25.5.